The molecule has 5 amide bonds. The summed E-state index contributed by atoms with van der Waals surface area (Å²) in [5.41, 5.74) is 3.02. The highest BCUT2D eigenvalue weighted by Crippen LogP contribution is 2.55. The summed E-state index contributed by atoms with van der Waals surface area (Å²) < 4.78 is 6.36. The van der Waals surface area contributed by atoms with Crippen molar-refractivity contribution in [1.82, 2.24) is 20.4 Å². The number of carbonyl (C=O) groups is 5. The molecule has 0 bridgehead atoms. The first-order valence-electron chi connectivity index (χ1n) is 19.8. The maximum absolute atomic E-state index is 13.4. The zero-order valence-corrected chi connectivity index (χ0v) is 33.7. The molecule has 1 aliphatic carbocycles. The van der Waals surface area contributed by atoms with Crippen LogP contribution in [-0.4, -0.2) is 90.2 Å². The first-order valence-corrected chi connectivity index (χ1v) is 20.2. The predicted molar refractivity (Wildman–Crippen MR) is 215 cm³/mol. The van der Waals surface area contributed by atoms with Crippen molar-refractivity contribution in [3.8, 4) is 11.8 Å². The lowest BCUT2D eigenvalue weighted by atomic mass is 9.49. The molecule has 0 spiro atoms. The van der Waals surface area contributed by atoms with E-state index in [-0.39, 0.29) is 41.7 Å². The lowest BCUT2D eigenvalue weighted by Gasteiger charge is -2.63. The molecule has 1 unspecified atom stereocenters. The number of benzene rings is 3. The first kappa shape index (κ1) is 40.0. The second-order valence-corrected chi connectivity index (χ2v) is 17.2. The lowest BCUT2D eigenvalue weighted by Crippen LogP contribution is -2.74. The molecule has 3 fully saturated rings. The SMILES string of the molecule is CC1(C)C(NC(=O)c2ccc(CCCCCN3CCN(c4ccc5c(c4)C(=O)N(C4CCC(=O)NC4=O)C5=O)CC3)cc2)C(C)(C)C1Oc1ccc(C#N)c(Cl)c1. The van der Waals surface area contributed by atoms with Crippen molar-refractivity contribution < 1.29 is 28.7 Å². The highest BCUT2D eigenvalue weighted by molar-refractivity contribution is 6.31. The second kappa shape index (κ2) is 15.9. The van der Waals surface area contributed by atoms with E-state index in [0.717, 1.165) is 69.0 Å². The van der Waals surface area contributed by atoms with E-state index in [9.17, 15) is 29.2 Å². The van der Waals surface area contributed by atoms with Crippen LogP contribution in [0.5, 0.6) is 5.75 Å². The van der Waals surface area contributed by atoms with Crippen LogP contribution in [0.4, 0.5) is 5.69 Å². The Morgan fingerprint density at radius 1 is 0.895 bits per heavy atom. The molecule has 0 radical (unpaired) electrons. The van der Waals surface area contributed by atoms with E-state index in [1.165, 1.54) is 5.56 Å². The number of nitrogens with one attached hydrogen (secondary N) is 2. The molecule has 1 atom stereocenters. The van der Waals surface area contributed by atoms with Crippen LogP contribution in [0, 0.1) is 22.2 Å². The summed E-state index contributed by atoms with van der Waals surface area (Å²) in [6, 6.07) is 19.2. The first-order chi connectivity index (χ1) is 27.2. The molecule has 57 heavy (non-hydrogen) atoms. The molecule has 298 valence electrons. The van der Waals surface area contributed by atoms with Crippen LogP contribution in [0.2, 0.25) is 5.02 Å². The molecule has 3 heterocycles. The fourth-order valence-corrected chi connectivity index (χ4v) is 9.57. The third-order valence-electron chi connectivity index (χ3n) is 12.2. The number of fused-ring (bicyclic) bond motifs is 1. The normalized spacial score (nSPS) is 22.7. The molecule has 7 rings (SSSR count). The van der Waals surface area contributed by atoms with Crippen LogP contribution in [0.3, 0.4) is 0 Å². The fraction of sp³-hybridized carbons (Fsp3) is 0.455. The minimum Gasteiger partial charge on any atom is -0.489 e. The summed E-state index contributed by atoms with van der Waals surface area (Å²) in [4.78, 5) is 69.4. The molecule has 2 N–H and O–H groups in total. The van der Waals surface area contributed by atoms with Gasteiger partial charge in [-0.25, -0.2) is 0 Å². The number of carbonyl (C=O) groups excluding carboxylic acids is 5. The summed E-state index contributed by atoms with van der Waals surface area (Å²) in [6.45, 7) is 12.8. The fourth-order valence-electron chi connectivity index (χ4n) is 9.36. The van der Waals surface area contributed by atoms with Gasteiger partial charge in [0, 0.05) is 66.8 Å². The van der Waals surface area contributed by atoms with Gasteiger partial charge in [0.1, 0.15) is 24.0 Å². The standard InChI is InChI=1S/C44H49ClN6O6/c1-43(2)41(44(3,4)42(43)57-31-15-13-29(26-46)34(45)25-31)48-37(53)28-11-9-27(10-12-28)8-6-5-7-19-49-20-22-50(23-21-49)30-14-16-32-33(24-30)40(56)51(39(32)55)35-17-18-36(52)47-38(35)54/h9-16,24-25,35,41-42H,5-8,17-23H2,1-4H3,(H,48,53)(H,47,52,54). The Kier molecular flexibility index (Phi) is 11.2. The van der Waals surface area contributed by atoms with Gasteiger partial charge in [-0.05, 0) is 80.3 Å². The molecule has 3 aliphatic heterocycles. The van der Waals surface area contributed by atoms with Gasteiger partial charge in [-0.15, -0.1) is 0 Å². The van der Waals surface area contributed by atoms with E-state index in [4.69, 9.17) is 16.3 Å². The van der Waals surface area contributed by atoms with E-state index >= 15 is 0 Å². The number of aryl methyl sites for hydroxylation is 1. The van der Waals surface area contributed by atoms with Crippen LogP contribution in [-0.2, 0) is 16.0 Å². The van der Waals surface area contributed by atoms with Crippen molar-refractivity contribution in [3.63, 3.8) is 0 Å². The molecular weight excluding hydrogens is 744 g/mol. The number of nitrogens with zero attached hydrogens (tertiary/aromatic N) is 4. The van der Waals surface area contributed by atoms with Crippen LogP contribution in [0.25, 0.3) is 0 Å². The number of anilines is 1. The molecule has 3 aromatic rings. The van der Waals surface area contributed by atoms with E-state index in [2.05, 4.69) is 54.2 Å². The largest absolute Gasteiger partial charge is 0.489 e. The van der Waals surface area contributed by atoms with Crippen molar-refractivity contribution >= 4 is 46.8 Å². The van der Waals surface area contributed by atoms with Gasteiger partial charge in [0.25, 0.3) is 17.7 Å². The van der Waals surface area contributed by atoms with E-state index in [1.807, 2.05) is 30.3 Å². The summed E-state index contributed by atoms with van der Waals surface area (Å²) >= 11 is 6.24. The van der Waals surface area contributed by atoms with Crippen molar-refractivity contribution in [2.45, 2.75) is 84.4 Å². The quantitative estimate of drug-likeness (QED) is 0.172. The summed E-state index contributed by atoms with van der Waals surface area (Å²) in [5, 5.41) is 15.0. The Hall–Kier alpha value is -5.25. The van der Waals surface area contributed by atoms with Crippen LogP contribution in [0.1, 0.15) is 102 Å². The number of ether oxygens (including phenoxy) is 1. The number of piperidine rings is 1. The van der Waals surface area contributed by atoms with Crippen LogP contribution >= 0.6 is 11.6 Å². The summed E-state index contributed by atoms with van der Waals surface area (Å²) in [6.07, 6.45) is 4.23. The van der Waals surface area contributed by atoms with Crippen molar-refractivity contribution in [2.75, 3.05) is 37.6 Å². The van der Waals surface area contributed by atoms with Crippen LogP contribution < -0.4 is 20.3 Å². The van der Waals surface area contributed by atoms with Crippen molar-refractivity contribution in [2.24, 2.45) is 10.8 Å². The summed E-state index contributed by atoms with van der Waals surface area (Å²) in [7, 11) is 0. The Balaban J connectivity index is 0.820. The van der Waals surface area contributed by atoms with Gasteiger partial charge >= 0.3 is 0 Å². The number of hydrogen-bond acceptors (Lipinski definition) is 9. The number of rotatable bonds is 12. The number of unbranched alkanes of at least 4 members (excludes halogenated alkanes) is 2. The minimum atomic E-state index is -0.972. The number of imide groups is 2. The third-order valence-corrected chi connectivity index (χ3v) is 12.6. The number of halogens is 1. The Morgan fingerprint density at radius 2 is 1.60 bits per heavy atom. The average molecular weight is 793 g/mol. The van der Waals surface area contributed by atoms with Gasteiger partial charge in [-0.1, -0.05) is 57.8 Å². The molecule has 2 saturated heterocycles. The van der Waals surface area contributed by atoms with Gasteiger partial charge in [-0.2, -0.15) is 5.26 Å². The third kappa shape index (κ3) is 7.88. The maximum Gasteiger partial charge on any atom is 0.262 e. The van der Waals surface area contributed by atoms with Gasteiger partial charge in [0.05, 0.1) is 21.7 Å². The number of piperazine rings is 1. The van der Waals surface area contributed by atoms with Crippen molar-refractivity contribution in [3.05, 3.63) is 93.5 Å². The minimum absolute atomic E-state index is 0.0910. The van der Waals surface area contributed by atoms with Crippen molar-refractivity contribution in [1.29, 1.82) is 5.26 Å². The van der Waals surface area contributed by atoms with E-state index < -0.39 is 29.7 Å². The topological polar surface area (TPSA) is 152 Å². The van der Waals surface area contributed by atoms with Gasteiger partial charge < -0.3 is 15.0 Å². The monoisotopic (exact) mass is 792 g/mol. The maximum atomic E-state index is 13.4. The molecule has 1 saturated carbocycles. The van der Waals surface area contributed by atoms with Gasteiger partial charge in [0.2, 0.25) is 11.8 Å². The van der Waals surface area contributed by atoms with Crippen LogP contribution in [0.15, 0.2) is 60.7 Å². The lowest BCUT2D eigenvalue weighted by molar-refractivity contribution is -0.164. The zero-order chi connectivity index (χ0) is 40.6. The molecular formula is C44H49ClN6O6. The molecule has 13 heteroatoms. The number of amides is 5. The molecule has 3 aromatic carbocycles. The molecule has 12 nitrogen and oxygen atoms in total. The highest BCUT2D eigenvalue weighted by atomic mass is 35.5. The Bertz CT molecular complexity index is 2120. The van der Waals surface area contributed by atoms with E-state index in [1.54, 1.807) is 30.3 Å². The number of hydrogen-bond donors (Lipinski definition) is 2. The molecule has 0 aromatic heterocycles. The Labute approximate surface area is 338 Å². The summed E-state index contributed by atoms with van der Waals surface area (Å²) in [5.74, 6) is -1.49. The Morgan fingerprint density at radius 3 is 2.26 bits per heavy atom. The second-order valence-electron chi connectivity index (χ2n) is 16.8. The molecule has 4 aliphatic rings. The average Bonchev–Trinajstić information content (AvgIpc) is 3.44. The van der Waals surface area contributed by atoms with E-state index in [0.29, 0.717) is 33.0 Å². The van der Waals surface area contributed by atoms with Gasteiger partial charge in [-0.3, -0.25) is 39.1 Å². The zero-order valence-electron chi connectivity index (χ0n) is 32.9. The smallest absolute Gasteiger partial charge is 0.262 e. The number of nitriles is 1. The highest BCUT2D eigenvalue weighted by Gasteiger charge is 2.64. The van der Waals surface area contributed by atoms with Gasteiger partial charge in [0.15, 0.2) is 0 Å². The predicted octanol–water partition coefficient (Wildman–Crippen LogP) is 5.76.